The Bertz CT molecular complexity index is 618. The standard InChI is InChI=1S/C14H16N2O3S/c1-4-18-13(17)10-6-5-7-11(12(10)15)20-14-16-8(2)9(3)19-14/h5-7H,4,15H2,1-3H3. The van der Waals surface area contributed by atoms with Crippen molar-refractivity contribution in [3.8, 4) is 0 Å². The monoisotopic (exact) mass is 292 g/mol. The molecule has 0 fully saturated rings. The third-order valence-electron chi connectivity index (χ3n) is 2.77. The van der Waals surface area contributed by atoms with Crippen molar-refractivity contribution < 1.29 is 13.9 Å². The van der Waals surface area contributed by atoms with Crippen LogP contribution in [0, 0.1) is 13.8 Å². The number of oxazole rings is 1. The average molecular weight is 292 g/mol. The molecule has 0 atom stereocenters. The molecule has 20 heavy (non-hydrogen) atoms. The normalized spacial score (nSPS) is 10.6. The van der Waals surface area contributed by atoms with Crippen molar-refractivity contribution in [1.82, 2.24) is 4.98 Å². The third-order valence-corrected chi connectivity index (χ3v) is 3.69. The van der Waals surface area contributed by atoms with Crippen LogP contribution in [-0.4, -0.2) is 17.6 Å². The molecule has 0 saturated heterocycles. The summed E-state index contributed by atoms with van der Waals surface area (Å²) in [4.78, 5) is 16.8. The van der Waals surface area contributed by atoms with Gasteiger partial charge in [-0.3, -0.25) is 0 Å². The fourth-order valence-corrected chi connectivity index (χ4v) is 2.50. The molecule has 0 amide bonds. The van der Waals surface area contributed by atoms with Gasteiger partial charge in [0.1, 0.15) is 5.76 Å². The van der Waals surface area contributed by atoms with Crippen molar-refractivity contribution >= 4 is 23.4 Å². The van der Waals surface area contributed by atoms with E-state index in [1.165, 1.54) is 11.8 Å². The number of aromatic nitrogens is 1. The third kappa shape index (κ3) is 2.96. The Balaban J connectivity index is 2.28. The smallest absolute Gasteiger partial charge is 0.340 e. The topological polar surface area (TPSA) is 78.3 Å². The molecule has 0 aliphatic rings. The summed E-state index contributed by atoms with van der Waals surface area (Å²) in [6.07, 6.45) is 0. The van der Waals surface area contributed by atoms with Gasteiger partial charge < -0.3 is 14.9 Å². The maximum atomic E-state index is 11.8. The van der Waals surface area contributed by atoms with Gasteiger partial charge in [0, 0.05) is 4.90 Å². The number of benzene rings is 1. The van der Waals surface area contributed by atoms with Gasteiger partial charge in [-0.15, -0.1) is 0 Å². The molecule has 2 N–H and O–H groups in total. The van der Waals surface area contributed by atoms with E-state index >= 15 is 0 Å². The highest BCUT2D eigenvalue weighted by Gasteiger charge is 2.16. The van der Waals surface area contributed by atoms with Gasteiger partial charge >= 0.3 is 5.97 Å². The number of rotatable bonds is 4. The van der Waals surface area contributed by atoms with Gasteiger partial charge in [-0.1, -0.05) is 6.07 Å². The molecule has 0 aliphatic carbocycles. The number of aryl methyl sites for hydroxylation is 2. The number of nitrogen functional groups attached to an aromatic ring is 1. The lowest BCUT2D eigenvalue weighted by Crippen LogP contribution is -2.08. The summed E-state index contributed by atoms with van der Waals surface area (Å²) < 4.78 is 10.5. The predicted molar refractivity (Wildman–Crippen MR) is 76.9 cm³/mol. The fraction of sp³-hybridized carbons (Fsp3) is 0.286. The Labute approximate surface area is 121 Å². The van der Waals surface area contributed by atoms with Crippen LogP contribution in [0.4, 0.5) is 5.69 Å². The molecule has 2 aromatic rings. The van der Waals surface area contributed by atoms with Crippen molar-refractivity contribution in [3.05, 3.63) is 35.2 Å². The second-order valence-corrected chi connectivity index (χ2v) is 5.15. The van der Waals surface area contributed by atoms with E-state index in [4.69, 9.17) is 14.9 Å². The van der Waals surface area contributed by atoms with Crippen molar-refractivity contribution in [1.29, 1.82) is 0 Å². The van der Waals surface area contributed by atoms with Gasteiger partial charge in [0.05, 0.1) is 23.6 Å². The average Bonchev–Trinajstić information content (AvgIpc) is 2.71. The molecule has 0 aliphatic heterocycles. The highest BCUT2D eigenvalue weighted by Crippen LogP contribution is 2.34. The lowest BCUT2D eigenvalue weighted by molar-refractivity contribution is 0.0527. The summed E-state index contributed by atoms with van der Waals surface area (Å²) in [5, 5.41) is 0.507. The first-order valence-electron chi connectivity index (χ1n) is 6.20. The second-order valence-electron chi connectivity index (χ2n) is 4.16. The zero-order valence-corrected chi connectivity index (χ0v) is 12.4. The molecule has 6 heteroatoms. The number of carbonyl (C=O) groups is 1. The number of nitrogens with zero attached hydrogens (tertiary/aromatic N) is 1. The van der Waals surface area contributed by atoms with E-state index in [1.807, 2.05) is 19.9 Å². The minimum absolute atomic E-state index is 0.313. The lowest BCUT2D eigenvalue weighted by atomic mass is 10.2. The Morgan fingerprint density at radius 3 is 2.80 bits per heavy atom. The van der Waals surface area contributed by atoms with Gasteiger partial charge in [-0.2, -0.15) is 0 Å². The van der Waals surface area contributed by atoms with Crippen LogP contribution < -0.4 is 5.73 Å². The van der Waals surface area contributed by atoms with Gasteiger partial charge in [0.25, 0.3) is 5.22 Å². The Hall–Kier alpha value is -1.95. The van der Waals surface area contributed by atoms with Crippen molar-refractivity contribution in [2.45, 2.75) is 30.9 Å². The number of hydrogen-bond donors (Lipinski definition) is 1. The van der Waals surface area contributed by atoms with Crippen LogP contribution in [0.2, 0.25) is 0 Å². The van der Waals surface area contributed by atoms with Crippen LogP contribution in [0.15, 0.2) is 32.7 Å². The highest BCUT2D eigenvalue weighted by molar-refractivity contribution is 7.99. The van der Waals surface area contributed by atoms with Gasteiger partial charge in [0.2, 0.25) is 0 Å². The zero-order chi connectivity index (χ0) is 14.7. The van der Waals surface area contributed by atoms with Crippen LogP contribution in [0.3, 0.4) is 0 Å². The lowest BCUT2D eigenvalue weighted by Gasteiger charge is -2.08. The van der Waals surface area contributed by atoms with Gasteiger partial charge in [-0.25, -0.2) is 9.78 Å². The molecule has 0 saturated carbocycles. The number of nitrogens with two attached hydrogens (primary N) is 1. The van der Waals surface area contributed by atoms with Crippen LogP contribution >= 0.6 is 11.8 Å². The van der Waals surface area contributed by atoms with Crippen molar-refractivity contribution in [2.24, 2.45) is 0 Å². The van der Waals surface area contributed by atoms with Crippen LogP contribution in [0.5, 0.6) is 0 Å². The highest BCUT2D eigenvalue weighted by atomic mass is 32.2. The molecular formula is C14H16N2O3S. The molecule has 106 valence electrons. The van der Waals surface area contributed by atoms with E-state index in [0.29, 0.717) is 23.1 Å². The quantitative estimate of drug-likeness (QED) is 0.688. The molecule has 1 aromatic heterocycles. The van der Waals surface area contributed by atoms with Crippen LogP contribution in [0.25, 0.3) is 0 Å². The minimum atomic E-state index is -0.424. The summed E-state index contributed by atoms with van der Waals surface area (Å²) in [7, 11) is 0. The van der Waals surface area contributed by atoms with E-state index in [0.717, 1.165) is 16.3 Å². The SMILES string of the molecule is CCOC(=O)c1cccc(Sc2nc(C)c(C)o2)c1N. The molecule has 0 bridgehead atoms. The molecular weight excluding hydrogens is 276 g/mol. The number of anilines is 1. The first-order chi connectivity index (χ1) is 9.52. The number of para-hydroxylation sites is 1. The van der Waals surface area contributed by atoms with Gasteiger partial charge in [0.15, 0.2) is 0 Å². The molecule has 2 rings (SSSR count). The van der Waals surface area contributed by atoms with Crippen LogP contribution in [-0.2, 0) is 4.74 Å². The number of esters is 1. The van der Waals surface area contributed by atoms with Crippen molar-refractivity contribution in [3.63, 3.8) is 0 Å². The maximum Gasteiger partial charge on any atom is 0.340 e. The Morgan fingerprint density at radius 1 is 1.45 bits per heavy atom. The Morgan fingerprint density at radius 2 is 2.20 bits per heavy atom. The summed E-state index contributed by atoms with van der Waals surface area (Å²) in [5.74, 6) is 0.347. The summed E-state index contributed by atoms with van der Waals surface area (Å²) >= 11 is 1.29. The van der Waals surface area contributed by atoms with E-state index in [-0.39, 0.29) is 0 Å². The summed E-state index contributed by atoms with van der Waals surface area (Å²) in [6, 6.07) is 5.22. The fourth-order valence-electron chi connectivity index (χ4n) is 1.60. The number of hydrogen-bond acceptors (Lipinski definition) is 6. The predicted octanol–water partition coefficient (Wildman–Crippen LogP) is 3.20. The number of carbonyl (C=O) groups excluding carboxylic acids is 1. The second kappa shape index (κ2) is 6.00. The molecule has 0 radical (unpaired) electrons. The van der Waals surface area contributed by atoms with Gasteiger partial charge in [-0.05, 0) is 44.7 Å². The number of ether oxygens (including phenoxy) is 1. The van der Waals surface area contributed by atoms with E-state index in [9.17, 15) is 4.79 Å². The summed E-state index contributed by atoms with van der Waals surface area (Å²) in [5.41, 5.74) is 7.59. The molecule has 1 aromatic carbocycles. The largest absolute Gasteiger partial charge is 0.462 e. The Kier molecular flexibility index (Phi) is 4.34. The van der Waals surface area contributed by atoms with E-state index in [2.05, 4.69) is 4.98 Å². The maximum absolute atomic E-state index is 11.8. The first-order valence-corrected chi connectivity index (χ1v) is 7.02. The van der Waals surface area contributed by atoms with E-state index in [1.54, 1.807) is 19.1 Å². The minimum Gasteiger partial charge on any atom is -0.462 e. The first kappa shape index (κ1) is 14.5. The molecule has 0 spiro atoms. The molecule has 1 heterocycles. The molecule has 0 unspecified atom stereocenters. The van der Waals surface area contributed by atoms with Crippen molar-refractivity contribution in [2.75, 3.05) is 12.3 Å². The molecule has 5 nitrogen and oxygen atoms in total. The van der Waals surface area contributed by atoms with Crippen LogP contribution in [0.1, 0.15) is 28.7 Å². The summed E-state index contributed by atoms with van der Waals surface area (Å²) in [6.45, 7) is 5.80. The van der Waals surface area contributed by atoms with E-state index < -0.39 is 5.97 Å². The zero-order valence-electron chi connectivity index (χ0n) is 11.6.